The summed E-state index contributed by atoms with van der Waals surface area (Å²) in [4.78, 5) is 29.2. The van der Waals surface area contributed by atoms with Gasteiger partial charge in [-0.2, -0.15) is 0 Å². The Kier molecular flexibility index (Phi) is 6.57. The number of carbonyl (C=O) groups excluding carboxylic acids is 1. The van der Waals surface area contributed by atoms with Gasteiger partial charge in [0.1, 0.15) is 17.2 Å². The summed E-state index contributed by atoms with van der Waals surface area (Å²) in [5.41, 5.74) is 4.23. The smallest absolute Gasteiger partial charge is 0.469 e. The number of nitrogens with zero attached hydrogens (tertiary/aromatic N) is 2. The molecule has 0 atom stereocenters. The first kappa shape index (κ1) is 20.5. The lowest BCUT2D eigenvalue weighted by molar-refractivity contribution is -0.140. The normalized spacial score (nSPS) is 10.4. The molecule has 0 unspecified atom stereocenters. The highest BCUT2D eigenvalue weighted by Crippen LogP contribution is 2.17. The summed E-state index contributed by atoms with van der Waals surface area (Å²) in [6.45, 7) is 0. The molecule has 0 N–H and O–H groups in total. The number of benzene rings is 2. The second-order valence-corrected chi connectivity index (χ2v) is 6.66. The van der Waals surface area contributed by atoms with Crippen LogP contribution in [0, 0.1) is 17.3 Å². The zero-order chi connectivity index (χ0) is 20.8. The molecule has 144 valence electrons. The molecule has 0 bridgehead atoms. The Labute approximate surface area is 171 Å². The Balaban J connectivity index is 2.06. The summed E-state index contributed by atoms with van der Waals surface area (Å²) < 4.78 is 19.5. The molecule has 2 aromatic carbocycles. The van der Waals surface area contributed by atoms with Crippen molar-refractivity contribution < 1.29 is 13.9 Å². The van der Waals surface area contributed by atoms with Gasteiger partial charge in [0, 0.05) is 18.4 Å². The summed E-state index contributed by atoms with van der Waals surface area (Å²) in [6, 6.07) is 10.9. The van der Waals surface area contributed by atoms with Gasteiger partial charge in [-0.3, -0.25) is 14.2 Å². The number of unbranched alkanes of at least 4 members (excludes halogenated alkanes) is 1. The molecule has 1 heterocycles. The molecule has 0 fully saturated rings. The monoisotopic (exact) mass is 405 g/mol. The van der Waals surface area contributed by atoms with E-state index < -0.39 is 0 Å². The Morgan fingerprint density at radius 3 is 2.66 bits per heavy atom. The number of rotatable bonds is 6. The lowest BCUT2D eigenvalue weighted by Gasteiger charge is -2.14. The minimum atomic E-state index is -0.381. The molecule has 0 spiro atoms. The average molecular weight is 405 g/mol. The predicted molar refractivity (Wildman–Crippen MR) is 110 cm³/mol. The zero-order valence-corrected chi connectivity index (χ0v) is 16.9. The first-order chi connectivity index (χ1) is 14.0. The third kappa shape index (κ3) is 4.79. The largest absolute Gasteiger partial charge is 0.825 e. The number of esters is 1. The maximum absolute atomic E-state index is 13.4. The van der Waals surface area contributed by atoms with E-state index in [9.17, 15) is 14.0 Å². The van der Waals surface area contributed by atoms with Gasteiger partial charge < -0.3 is 4.74 Å². The van der Waals surface area contributed by atoms with Gasteiger partial charge in [-0.15, -0.1) is 0 Å². The van der Waals surface area contributed by atoms with Crippen LogP contribution in [0.25, 0.3) is 16.6 Å². The molecule has 5 nitrogen and oxygen atoms in total. The van der Waals surface area contributed by atoms with E-state index in [-0.39, 0.29) is 17.3 Å². The van der Waals surface area contributed by atoms with Gasteiger partial charge in [-0.1, -0.05) is 0 Å². The van der Waals surface area contributed by atoms with Crippen molar-refractivity contribution in [2.45, 2.75) is 25.7 Å². The molecular formula is C22H18FN2O3Si+. The first-order valence-corrected chi connectivity index (χ1v) is 9.59. The van der Waals surface area contributed by atoms with Crippen molar-refractivity contribution in [2.24, 2.45) is 0 Å². The fourth-order valence-electron chi connectivity index (χ4n) is 3.06. The molecular weight excluding hydrogens is 387 g/mol. The number of ether oxygens (including phenoxy) is 1. The SMILES string of the molecule is COC(=O)CCCCc1nc2cc(C#C[Si+])ccc2c(=O)n1-c1ccc(F)cc1. The molecule has 0 saturated carbocycles. The molecule has 29 heavy (non-hydrogen) atoms. The molecule has 3 aromatic rings. The highest BCUT2D eigenvalue weighted by atomic mass is 28.1. The summed E-state index contributed by atoms with van der Waals surface area (Å²) in [7, 11) is 4.47. The van der Waals surface area contributed by atoms with Crippen LogP contribution in [-0.2, 0) is 16.0 Å². The number of aromatic nitrogens is 2. The average Bonchev–Trinajstić information content (AvgIpc) is 2.72. The third-order valence-electron chi connectivity index (χ3n) is 4.49. The Morgan fingerprint density at radius 2 is 1.97 bits per heavy atom. The number of aryl methyl sites for hydroxylation is 1. The molecule has 0 saturated heterocycles. The highest BCUT2D eigenvalue weighted by molar-refractivity contribution is 6.22. The Bertz CT molecular complexity index is 1160. The predicted octanol–water partition coefficient (Wildman–Crippen LogP) is 2.89. The van der Waals surface area contributed by atoms with Gasteiger partial charge in [0.15, 0.2) is 0 Å². The van der Waals surface area contributed by atoms with Crippen LogP contribution in [0.4, 0.5) is 4.39 Å². The number of hydrogen-bond acceptors (Lipinski definition) is 4. The van der Waals surface area contributed by atoms with Crippen molar-refractivity contribution in [3.63, 3.8) is 0 Å². The van der Waals surface area contributed by atoms with Crippen molar-refractivity contribution in [1.82, 2.24) is 9.55 Å². The van der Waals surface area contributed by atoms with Gasteiger partial charge in [0.05, 0.1) is 23.7 Å². The number of fused-ring (bicyclic) bond motifs is 1. The van der Waals surface area contributed by atoms with Gasteiger partial charge in [0.2, 0.25) is 0 Å². The molecule has 0 aliphatic carbocycles. The number of halogens is 1. The van der Waals surface area contributed by atoms with E-state index in [1.165, 1.54) is 23.8 Å². The van der Waals surface area contributed by atoms with Crippen LogP contribution < -0.4 is 5.56 Å². The zero-order valence-electron chi connectivity index (χ0n) is 15.9. The van der Waals surface area contributed by atoms with E-state index in [0.29, 0.717) is 48.1 Å². The van der Waals surface area contributed by atoms with Crippen LogP contribution in [0.3, 0.4) is 0 Å². The summed E-state index contributed by atoms with van der Waals surface area (Å²) in [5, 5.41) is 0.451. The quantitative estimate of drug-likeness (QED) is 0.274. The van der Waals surface area contributed by atoms with Crippen LogP contribution in [0.2, 0.25) is 0 Å². The maximum atomic E-state index is 13.4. The van der Waals surface area contributed by atoms with Gasteiger partial charge in [0.25, 0.3) is 5.56 Å². The fraction of sp³-hybridized carbons (Fsp3) is 0.227. The van der Waals surface area contributed by atoms with E-state index in [1.54, 1.807) is 30.3 Å². The van der Waals surface area contributed by atoms with Crippen LogP contribution >= 0.6 is 0 Å². The molecule has 0 aliphatic heterocycles. The van der Waals surface area contributed by atoms with E-state index in [4.69, 9.17) is 0 Å². The summed E-state index contributed by atoms with van der Waals surface area (Å²) >= 11 is 0. The van der Waals surface area contributed by atoms with E-state index in [1.807, 2.05) is 0 Å². The summed E-state index contributed by atoms with van der Waals surface area (Å²) in [5.74, 6) is 2.77. The minimum absolute atomic E-state index is 0.234. The van der Waals surface area contributed by atoms with E-state index in [2.05, 4.69) is 31.4 Å². The van der Waals surface area contributed by atoms with Crippen LogP contribution in [0.1, 0.15) is 30.7 Å². The second kappa shape index (κ2) is 9.30. The molecule has 0 amide bonds. The molecule has 0 aliphatic rings. The van der Waals surface area contributed by atoms with Gasteiger partial charge in [-0.05, 0) is 61.2 Å². The lowest BCUT2D eigenvalue weighted by atomic mass is 10.1. The van der Waals surface area contributed by atoms with Crippen molar-refractivity contribution in [3.05, 3.63) is 70.0 Å². The van der Waals surface area contributed by atoms with Gasteiger partial charge in [-0.25, -0.2) is 9.37 Å². The maximum Gasteiger partial charge on any atom is 0.825 e. The second-order valence-electron chi connectivity index (χ2n) is 6.41. The third-order valence-corrected chi connectivity index (χ3v) is 4.61. The minimum Gasteiger partial charge on any atom is -0.469 e. The molecule has 7 heteroatoms. The Hall–Kier alpha value is -3.24. The lowest BCUT2D eigenvalue weighted by Crippen LogP contribution is -2.24. The number of methoxy groups -OCH3 is 1. The van der Waals surface area contributed by atoms with Crippen molar-refractivity contribution in [3.8, 4) is 17.2 Å². The van der Waals surface area contributed by atoms with E-state index in [0.717, 1.165) is 5.56 Å². The topological polar surface area (TPSA) is 61.2 Å². The number of hydrogen-bond donors (Lipinski definition) is 0. The number of carbonyl (C=O) groups is 1. The first-order valence-electron chi connectivity index (χ1n) is 9.09. The van der Waals surface area contributed by atoms with E-state index >= 15 is 0 Å². The highest BCUT2D eigenvalue weighted by Gasteiger charge is 2.14. The van der Waals surface area contributed by atoms with Crippen LogP contribution in [0.15, 0.2) is 47.3 Å². The molecule has 2 radical (unpaired) electrons. The molecule has 1 aromatic heterocycles. The standard InChI is InChI=1S/C22H18FN2O3Si/c1-28-21(26)5-3-2-4-20-24-19-14-15(12-13-29)6-11-18(19)22(27)25(20)17-9-7-16(23)8-10-17/h6-11,14H,2-5H2,1H3/q+1. The Morgan fingerprint density at radius 1 is 1.21 bits per heavy atom. The van der Waals surface area contributed by atoms with Crippen LogP contribution in [-0.4, -0.2) is 32.9 Å². The van der Waals surface area contributed by atoms with Crippen molar-refractivity contribution in [2.75, 3.05) is 7.11 Å². The fourth-order valence-corrected chi connectivity index (χ4v) is 3.20. The van der Waals surface area contributed by atoms with Gasteiger partial charge >= 0.3 is 16.2 Å². The summed E-state index contributed by atoms with van der Waals surface area (Å²) in [6.07, 6.45) is 2.04. The van der Waals surface area contributed by atoms with Crippen molar-refractivity contribution >= 4 is 27.1 Å². The molecule has 3 rings (SSSR count). The van der Waals surface area contributed by atoms with Crippen molar-refractivity contribution in [1.29, 1.82) is 0 Å². The van der Waals surface area contributed by atoms with Crippen LogP contribution in [0.5, 0.6) is 0 Å².